The van der Waals surface area contributed by atoms with Gasteiger partial charge in [0.05, 0.1) is 26.4 Å². The zero-order valence-electron chi connectivity index (χ0n) is 12.9. The second-order valence-corrected chi connectivity index (χ2v) is 5.81. The van der Waals surface area contributed by atoms with Gasteiger partial charge in [0.1, 0.15) is 12.4 Å². The molecule has 0 bridgehead atoms. The van der Waals surface area contributed by atoms with Gasteiger partial charge in [-0.15, -0.1) is 0 Å². The number of benzene rings is 1. The molecule has 23 heavy (non-hydrogen) atoms. The van der Waals surface area contributed by atoms with Crippen LogP contribution in [0.15, 0.2) is 24.5 Å². The molecule has 0 N–H and O–H groups in total. The lowest BCUT2D eigenvalue weighted by Gasteiger charge is -2.34. The predicted molar refractivity (Wildman–Crippen MR) is 80.5 cm³/mol. The topological polar surface area (TPSA) is 69.5 Å². The van der Waals surface area contributed by atoms with Crippen LogP contribution >= 0.6 is 0 Å². The molecular weight excluding hydrogens is 296 g/mol. The average Bonchev–Trinajstić information content (AvgIpc) is 3.22. The van der Waals surface area contributed by atoms with Crippen LogP contribution in [-0.2, 0) is 29.7 Å². The molecule has 2 aromatic rings. The fourth-order valence-corrected chi connectivity index (χ4v) is 3.14. The van der Waals surface area contributed by atoms with Gasteiger partial charge in [0, 0.05) is 19.2 Å². The summed E-state index contributed by atoms with van der Waals surface area (Å²) in [4.78, 5) is 19.1. The molecule has 120 valence electrons. The maximum atomic E-state index is 13.0. The summed E-state index contributed by atoms with van der Waals surface area (Å²) in [7, 11) is 1.83. The maximum Gasteiger partial charge on any atom is 0.254 e. The standard InChI is InChI=1S/C16H18N4O3/c1-19-15(17-10-18-19)14-9-22-5-4-20(14)16(21)11-2-3-12-7-23-8-13(12)6-11/h2-3,6,10,14H,4-5,7-9H2,1H3. The summed E-state index contributed by atoms with van der Waals surface area (Å²) in [6, 6.07) is 5.58. The fourth-order valence-electron chi connectivity index (χ4n) is 3.14. The fraction of sp³-hybridized carbons (Fsp3) is 0.438. The van der Waals surface area contributed by atoms with Crippen molar-refractivity contribution in [1.82, 2.24) is 19.7 Å². The molecule has 1 atom stereocenters. The van der Waals surface area contributed by atoms with Crippen LogP contribution in [0.1, 0.15) is 33.4 Å². The van der Waals surface area contributed by atoms with Gasteiger partial charge in [-0.2, -0.15) is 5.10 Å². The molecule has 1 saturated heterocycles. The largest absolute Gasteiger partial charge is 0.377 e. The van der Waals surface area contributed by atoms with Gasteiger partial charge in [0.2, 0.25) is 0 Å². The van der Waals surface area contributed by atoms with Crippen molar-refractivity contribution < 1.29 is 14.3 Å². The van der Waals surface area contributed by atoms with Crippen molar-refractivity contribution >= 4 is 5.91 Å². The minimum absolute atomic E-state index is 0.00370. The number of aryl methyl sites for hydroxylation is 1. The highest BCUT2D eigenvalue weighted by Gasteiger charge is 2.32. The van der Waals surface area contributed by atoms with Crippen LogP contribution < -0.4 is 0 Å². The van der Waals surface area contributed by atoms with E-state index >= 15 is 0 Å². The van der Waals surface area contributed by atoms with Crippen molar-refractivity contribution in [3.05, 3.63) is 47.0 Å². The molecule has 1 fully saturated rings. The lowest BCUT2D eigenvalue weighted by Crippen LogP contribution is -2.44. The summed E-state index contributed by atoms with van der Waals surface area (Å²) in [6.45, 7) is 2.72. The minimum Gasteiger partial charge on any atom is -0.377 e. The average molecular weight is 314 g/mol. The monoisotopic (exact) mass is 314 g/mol. The van der Waals surface area contributed by atoms with Crippen molar-refractivity contribution in [3.63, 3.8) is 0 Å². The summed E-state index contributed by atoms with van der Waals surface area (Å²) >= 11 is 0. The number of amides is 1. The molecule has 0 saturated carbocycles. The number of ether oxygens (including phenoxy) is 2. The number of hydrogen-bond acceptors (Lipinski definition) is 5. The number of hydrogen-bond donors (Lipinski definition) is 0. The Hall–Kier alpha value is -2.25. The normalized spacial score (nSPS) is 20.6. The molecule has 3 heterocycles. The van der Waals surface area contributed by atoms with Crippen molar-refractivity contribution in [2.75, 3.05) is 19.8 Å². The third-order valence-electron chi connectivity index (χ3n) is 4.40. The Balaban J connectivity index is 1.64. The number of morpholine rings is 1. The van der Waals surface area contributed by atoms with E-state index in [-0.39, 0.29) is 11.9 Å². The highest BCUT2D eigenvalue weighted by molar-refractivity contribution is 5.94. The number of rotatable bonds is 2. The van der Waals surface area contributed by atoms with E-state index in [0.717, 1.165) is 17.0 Å². The zero-order chi connectivity index (χ0) is 15.8. The van der Waals surface area contributed by atoms with Crippen LogP contribution in [0.3, 0.4) is 0 Å². The van der Waals surface area contributed by atoms with Gasteiger partial charge in [-0.3, -0.25) is 9.48 Å². The van der Waals surface area contributed by atoms with E-state index < -0.39 is 0 Å². The summed E-state index contributed by atoms with van der Waals surface area (Å²) < 4.78 is 12.7. The Morgan fingerprint density at radius 1 is 1.26 bits per heavy atom. The number of fused-ring (bicyclic) bond motifs is 1. The predicted octanol–water partition coefficient (Wildman–Crippen LogP) is 1.06. The van der Waals surface area contributed by atoms with Crippen LogP contribution in [0.4, 0.5) is 0 Å². The molecule has 2 aliphatic rings. The Morgan fingerprint density at radius 3 is 2.96 bits per heavy atom. The summed E-state index contributed by atoms with van der Waals surface area (Å²) in [5.41, 5.74) is 2.94. The Bertz CT molecular complexity index is 743. The molecule has 1 aromatic heterocycles. The Labute approximate surface area is 133 Å². The van der Waals surface area contributed by atoms with Crippen LogP contribution in [0, 0.1) is 0 Å². The van der Waals surface area contributed by atoms with Crippen LogP contribution in [0.5, 0.6) is 0 Å². The molecule has 1 unspecified atom stereocenters. The summed E-state index contributed by atoms with van der Waals surface area (Å²) in [5.74, 6) is 0.735. The summed E-state index contributed by atoms with van der Waals surface area (Å²) in [5, 5.41) is 4.10. The number of nitrogens with zero attached hydrogens (tertiary/aromatic N) is 4. The van der Waals surface area contributed by atoms with Crippen molar-refractivity contribution in [2.45, 2.75) is 19.3 Å². The molecule has 1 amide bonds. The van der Waals surface area contributed by atoms with Gasteiger partial charge >= 0.3 is 0 Å². The molecule has 4 rings (SSSR count). The first-order valence-corrected chi connectivity index (χ1v) is 7.66. The SMILES string of the molecule is Cn1ncnc1C1COCCN1C(=O)c1ccc2c(c1)COC2. The van der Waals surface area contributed by atoms with Crippen LogP contribution in [0.25, 0.3) is 0 Å². The Morgan fingerprint density at radius 2 is 2.13 bits per heavy atom. The van der Waals surface area contributed by atoms with E-state index in [1.54, 1.807) is 4.68 Å². The number of carbonyl (C=O) groups is 1. The molecule has 1 aromatic carbocycles. The van der Waals surface area contributed by atoms with Crippen molar-refractivity contribution in [2.24, 2.45) is 7.05 Å². The first-order valence-electron chi connectivity index (χ1n) is 7.66. The van der Waals surface area contributed by atoms with Crippen LogP contribution in [-0.4, -0.2) is 45.3 Å². The molecule has 0 radical (unpaired) electrons. The van der Waals surface area contributed by atoms with E-state index in [4.69, 9.17) is 9.47 Å². The zero-order valence-corrected chi connectivity index (χ0v) is 12.9. The van der Waals surface area contributed by atoms with E-state index in [1.807, 2.05) is 30.1 Å². The second-order valence-electron chi connectivity index (χ2n) is 5.81. The van der Waals surface area contributed by atoms with Gasteiger partial charge in [-0.05, 0) is 23.3 Å². The van der Waals surface area contributed by atoms with Gasteiger partial charge in [0.15, 0.2) is 5.82 Å². The van der Waals surface area contributed by atoms with Gasteiger partial charge in [-0.25, -0.2) is 4.98 Å². The van der Waals surface area contributed by atoms with E-state index in [2.05, 4.69) is 10.1 Å². The molecule has 7 nitrogen and oxygen atoms in total. The van der Waals surface area contributed by atoms with Gasteiger partial charge < -0.3 is 14.4 Å². The first-order chi connectivity index (χ1) is 11.2. The molecule has 0 spiro atoms. The number of carbonyl (C=O) groups excluding carboxylic acids is 1. The van der Waals surface area contributed by atoms with E-state index in [0.29, 0.717) is 38.5 Å². The van der Waals surface area contributed by atoms with Crippen molar-refractivity contribution in [1.29, 1.82) is 0 Å². The highest BCUT2D eigenvalue weighted by atomic mass is 16.5. The third-order valence-corrected chi connectivity index (χ3v) is 4.40. The first kappa shape index (κ1) is 14.3. The minimum atomic E-state index is -0.215. The Kier molecular flexibility index (Phi) is 3.59. The van der Waals surface area contributed by atoms with Crippen molar-refractivity contribution in [3.8, 4) is 0 Å². The molecule has 2 aliphatic heterocycles. The molecular formula is C16H18N4O3. The van der Waals surface area contributed by atoms with Crippen LogP contribution in [0.2, 0.25) is 0 Å². The molecule has 0 aliphatic carbocycles. The van der Waals surface area contributed by atoms with E-state index in [9.17, 15) is 4.79 Å². The lowest BCUT2D eigenvalue weighted by atomic mass is 10.0. The van der Waals surface area contributed by atoms with Gasteiger partial charge in [-0.1, -0.05) is 6.07 Å². The third kappa shape index (κ3) is 2.51. The number of aromatic nitrogens is 3. The molecule has 7 heteroatoms. The highest BCUT2D eigenvalue weighted by Crippen LogP contribution is 2.26. The quantitative estimate of drug-likeness (QED) is 0.829. The smallest absolute Gasteiger partial charge is 0.254 e. The lowest BCUT2D eigenvalue weighted by molar-refractivity contribution is -0.00619. The van der Waals surface area contributed by atoms with Gasteiger partial charge in [0.25, 0.3) is 5.91 Å². The summed E-state index contributed by atoms with van der Waals surface area (Å²) in [6.07, 6.45) is 1.50. The van der Waals surface area contributed by atoms with E-state index in [1.165, 1.54) is 6.33 Å². The second kappa shape index (κ2) is 5.75. The maximum absolute atomic E-state index is 13.0.